The molecule has 2 rings (SSSR count). The minimum atomic E-state index is -4.44. The Bertz CT molecular complexity index is 790. The number of halogens is 3. The van der Waals surface area contributed by atoms with Crippen LogP contribution in [0.3, 0.4) is 0 Å². The molecule has 2 N–H and O–H groups in total. The van der Waals surface area contributed by atoms with Gasteiger partial charge in [-0.2, -0.15) is 13.2 Å². The van der Waals surface area contributed by atoms with Crippen LogP contribution in [0, 0.1) is 0 Å². The number of amides is 2. The van der Waals surface area contributed by atoms with Gasteiger partial charge < -0.3 is 15.4 Å². The number of carbonyl (C=O) groups excluding carboxylic acids is 2. The molecule has 0 unspecified atom stereocenters. The van der Waals surface area contributed by atoms with Crippen LogP contribution in [0.1, 0.15) is 22.8 Å². The zero-order valence-corrected chi connectivity index (χ0v) is 14.6. The van der Waals surface area contributed by atoms with Crippen molar-refractivity contribution in [3.8, 4) is 5.75 Å². The fourth-order valence-electron chi connectivity index (χ4n) is 2.29. The van der Waals surface area contributed by atoms with E-state index < -0.39 is 18.6 Å². The molecule has 144 valence electrons. The molecule has 5 nitrogen and oxygen atoms in total. The average molecular weight is 380 g/mol. The fraction of sp³-hybridized carbons (Fsp3) is 0.263. The fourth-order valence-corrected chi connectivity index (χ4v) is 2.29. The molecule has 0 heterocycles. The predicted molar refractivity (Wildman–Crippen MR) is 94.8 cm³/mol. The molecule has 27 heavy (non-hydrogen) atoms. The van der Waals surface area contributed by atoms with Gasteiger partial charge >= 0.3 is 6.18 Å². The van der Waals surface area contributed by atoms with E-state index in [1.54, 1.807) is 48.5 Å². The first-order chi connectivity index (χ1) is 12.8. The Balaban J connectivity index is 1.96. The van der Waals surface area contributed by atoms with Gasteiger partial charge in [0.1, 0.15) is 12.3 Å². The molecule has 0 saturated carbocycles. The lowest BCUT2D eigenvalue weighted by Gasteiger charge is -2.11. The van der Waals surface area contributed by atoms with Crippen molar-refractivity contribution in [3.63, 3.8) is 0 Å². The number of benzene rings is 2. The summed E-state index contributed by atoms with van der Waals surface area (Å²) in [5.41, 5.74) is 1.41. The zero-order valence-electron chi connectivity index (χ0n) is 14.6. The summed E-state index contributed by atoms with van der Waals surface area (Å²) in [6, 6.07) is 13.1. The maximum atomic E-state index is 12.4. The third kappa shape index (κ3) is 6.65. The molecule has 0 fully saturated rings. The topological polar surface area (TPSA) is 67.4 Å². The summed E-state index contributed by atoms with van der Waals surface area (Å²) in [5, 5.41) is 4.52. The minimum Gasteiger partial charge on any atom is -0.493 e. The molecule has 0 spiro atoms. The normalized spacial score (nSPS) is 11.0. The SMILES string of the molecule is CCOc1ccccc1C(=O)Nc1ccc(CC(=O)NCC(F)(F)F)cc1. The Labute approximate surface area is 154 Å². The molecule has 0 radical (unpaired) electrons. The number of ether oxygens (including phenoxy) is 1. The Hall–Kier alpha value is -3.03. The van der Waals surface area contributed by atoms with Gasteiger partial charge in [-0.05, 0) is 36.8 Å². The van der Waals surface area contributed by atoms with Crippen molar-refractivity contribution in [3.05, 3.63) is 59.7 Å². The maximum absolute atomic E-state index is 12.4. The van der Waals surface area contributed by atoms with Crippen molar-refractivity contribution < 1.29 is 27.5 Å². The van der Waals surface area contributed by atoms with Gasteiger partial charge in [-0.15, -0.1) is 0 Å². The van der Waals surface area contributed by atoms with Gasteiger partial charge in [0.2, 0.25) is 5.91 Å². The van der Waals surface area contributed by atoms with Crippen LogP contribution in [0.5, 0.6) is 5.75 Å². The summed E-state index contributed by atoms with van der Waals surface area (Å²) in [6.07, 6.45) is -4.63. The van der Waals surface area contributed by atoms with Crippen molar-refractivity contribution in [1.29, 1.82) is 0 Å². The zero-order chi connectivity index (χ0) is 19.9. The quantitative estimate of drug-likeness (QED) is 0.772. The van der Waals surface area contributed by atoms with E-state index in [0.29, 0.717) is 29.2 Å². The van der Waals surface area contributed by atoms with E-state index in [9.17, 15) is 22.8 Å². The molecular weight excluding hydrogens is 361 g/mol. The highest BCUT2D eigenvalue weighted by Gasteiger charge is 2.27. The summed E-state index contributed by atoms with van der Waals surface area (Å²) in [7, 11) is 0. The molecule has 0 aliphatic heterocycles. The average Bonchev–Trinajstić information content (AvgIpc) is 2.62. The van der Waals surface area contributed by atoms with Crippen molar-refractivity contribution in [2.24, 2.45) is 0 Å². The Morgan fingerprint density at radius 1 is 1.04 bits per heavy atom. The number of carbonyl (C=O) groups is 2. The highest BCUT2D eigenvalue weighted by atomic mass is 19.4. The van der Waals surface area contributed by atoms with E-state index >= 15 is 0 Å². The number of anilines is 1. The highest BCUT2D eigenvalue weighted by molar-refractivity contribution is 6.06. The highest BCUT2D eigenvalue weighted by Crippen LogP contribution is 2.20. The van der Waals surface area contributed by atoms with Crippen LogP contribution in [0.2, 0.25) is 0 Å². The summed E-state index contributed by atoms with van der Waals surface area (Å²) in [6.45, 7) is 0.882. The van der Waals surface area contributed by atoms with Crippen LogP contribution in [-0.4, -0.2) is 31.1 Å². The van der Waals surface area contributed by atoms with E-state index in [0.717, 1.165) is 0 Å². The van der Waals surface area contributed by atoms with E-state index in [2.05, 4.69) is 5.32 Å². The Morgan fingerprint density at radius 3 is 2.33 bits per heavy atom. The molecule has 0 aliphatic rings. The first-order valence-corrected chi connectivity index (χ1v) is 8.24. The largest absolute Gasteiger partial charge is 0.493 e. The molecule has 2 amide bonds. The molecule has 2 aromatic rings. The molecule has 2 aromatic carbocycles. The molecular formula is C19H19F3N2O3. The van der Waals surface area contributed by atoms with Gasteiger partial charge in [-0.3, -0.25) is 9.59 Å². The summed E-state index contributed by atoms with van der Waals surface area (Å²) < 4.78 is 41.7. The number of rotatable bonds is 7. The molecule has 0 aromatic heterocycles. The Kier molecular flexibility index (Phi) is 6.81. The molecule has 0 atom stereocenters. The van der Waals surface area contributed by atoms with Crippen molar-refractivity contribution >= 4 is 17.5 Å². The van der Waals surface area contributed by atoms with Crippen molar-refractivity contribution in [1.82, 2.24) is 5.32 Å². The van der Waals surface area contributed by atoms with Crippen LogP contribution >= 0.6 is 0 Å². The van der Waals surface area contributed by atoms with Crippen molar-refractivity contribution in [2.75, 3.05) is 18.5 Å². The number of hydrogen-bond acceptors (Lipinski definition) is 3. The van der Waals surface area contributed by atoms with Gasteiger partial charge in [-0.1, -0.05) is 24.3 Å². The number of hydrogen-bond donors (Lipinski definition) is 2. The van der Waals surface area contributed by atoms with E-state index in [-0.39, 0.29) is 12.3 Å². The second kappa shape index (κ2) is 9.07. The van der Waals surface area contributed by atoms with Crippen LogP contribution in [0.4, 0.5) is 18.9 Å². The van der Waals surface area contributed by atoms with Crippen LogP contribution in [0.15, 0.2) is 48.5 Å². The minimum absolute atomic E-state index is 0.183. The van der Waals surface area contributed by atoms with Crippen LogP contribution in [-0.2, 0) is 11.2 Å². The van der Waals surface area contributed by atoms with Gasteiger partial charge in [0, 0.05) is 5.69 Å². The molecule has 0 aliphatic carbocycles. The lowest BCUT2D eigenvalue weighted by Crippen LogP contribution is -2.34. The van der Waals surface area contributed by atoms with Gasteiger partial charge in [-0.25, -0.2) is 0 Å². The Morgan fingerprint density at radius 2 is 1.70 bits per heavy atom. The number of para-hydroxylation sites is 1. The molecule has 0 bridgehead atoms. The predicted octanol–water partition coefficient (Wildman–Crippen LogP) is 3.56. The lowest BCUT2D eigenvalue weighted by molar-refractivity contribution is -0.138. The molecule has 8 heteroatoms. The third-order valence-corrected chi connectivity index (χ3v) is 3.49. The van der Waals surface area contributed by atoms with E-state index in [4.69, 9.17) is 4.74 Å². The second-order valence-corrected chi connectivity index (χ2v) is 5.65. The third-order valence-electron chi connectivity index (χ3n) is 3.49. The first-order valence-electron chi connectivity index (χ1n) is 8.24. The maximum Gasteiger partial charge on any atom is 0.405 e. The first kappa shape index (κ1) is 20.3. The van der Waals surface area contributed by atoms with Gasteiger partial charge in [0.15, 0.2) is 0 Å². The van der Waals surface area contributed by atoms with Crippen LogP contribution in [0.25, 0.3) is 0 Å². The van der Waals surface area contributed by atoms with Gasteiger partial charge in [0.05, 0.1) is 18.6 Å². The van der Waals surface area contributed by atoms with Gasteiger partial charge in [0.25, 0.3) is 5.91 Å². The summed E-state index contributed by atoms with van der Waals surface area (Å²) >= 11 is 0. The number of nitrogens with one attached hydrogen (secondary N) is 2. The monoisotopic (exact) mass is 380 g/mol. The van der Waals surface area contributed by atoms with E-state index in [1.165, 1.54) is 0 Å². The summed E-state index contributed by atoms with van der Waals surface area (Å²) in [4.78, 5) is 23.9. The second-order valence-electron chi connectivity index (χ2n) is 5.65. The van der Waals surface area contributed by atoms with Crippen molar-refractivity contribution in [2.45, 2.75) is 19.5 Å². The smallest absolute Gasteiger partial charge is 0.405 e. The molecule has 0 saturated heterocycles. The van der Waals surface area contributed by atoms with Crippen LogP contribution < -0.4 is 15.4 Å². The lowest BCUT2D eigenvalue weighted by atomic mass is 10.1. The summed E-state index contributed by atoms with van der Waals surface area (Å²) in [5.74, 6) is -0.611. The number of alkyl halides is 3. The van der Waals surface area contributed by atoms with E-state index in [1.807, 2.05) is 12.2 Å². The standard InChI is InChI=1S/C19H19F3N2O3/c1-2-27-16-6-4-3-5-15(16)18(26)24-14-9-7-13(8-10-14)11-17(25)23-12-19(20,21)22/h3-10H,2,11-12H2,1H3,(H,23,25)(H,24,26).